The summed E-state index contributed by atoms with van der Waals surface area (Å²) in [6.45, 7) is 7.16. The van der Waals surface area contributed by atoms with Gasteiger partial charge in [-0.2, -0.15) is 0 Å². The number of aliphatic hydroxyl groups excluding tert-OH is 1. The highest BCUT2D eigenvalue weighted by atomic mass is 16.5. The topological polar surface area (TPSA) is 100 Å². The third-order valence-electron chi connectivity index (χ3n) is 7.44. The van der Waals surface area contributed by atoms with E-state index in [9.17, 15) is 5.11 Å². The van der Waals surface area contributed by atoms with Crippen molar-refractivity contribution in [3.63, 3.8) is 0 Å². The summed E-state index contributed by atoms with van der Waals surface area (Å²) in [7, 11) is 5.60. The number of methoxy groups -OCH3 is 1. The number of rotatable bonds is 10. The van der Waals surface area contributed by atoms with E-state index in [-0.39, 0.29) is 0 Å². The monoisotopic (exact) mass is 529 g/mol. The Morgan fingerprint density at radius 3 is 2.79 bits per heavy atom. The van der Waals surface area contributed by atoms with E-state index in [1.165, 1.54) is 0 Å². The van der Waals surface area contributed by atoms with E-state index < -0.39 is 6.23 Å². The van der Waals surface area contributed by atoms with Crippen LogP contribution in [0.2, 0.25) is 0 Å². The molecule has 4 aromatic rings. The van der Waals surface area contributed by atoms with Crippen molar-refractivity contribution < 1.29 is 9.84 Å². The number of imidazole rings is 1. The number of nitrogens with one attached hydrogen (secondary N) is 2. The fourth-order valence-electron chi connectivity index (χ4n) is 5.30. The van der Waals surface area contributed by atoms with Crippen molar-refractivity contribution in [3.05, 3.63) is 70.9 Å². The van der Waals surface area contributed by atoms with Crippen molar-refractivity contribution in [2.24, 2.45) is 7.05 Å². The highest BCUT2D eigenvalue weighted by Gasteiger charge is 2.23. The molecule has 9 heteroatoms. The van der Waals surface area contributed by atoms with Crippen LogP contribution in [0.1, 0.15) is 47.9 Å². The number of fused-ring (bicyclic) bond motifs is 1. The van der Waals surface area contributed by atoms with Crippen LogP contribution < -0.4 is 10.6 Å². The Kier molecular flexibility index (Phi) is 8.23. The predicted octanol–water partition coefficient (Wildman–Crippen LogP) is 3.94. The summed E-state index contributed by atoms with van der Waals surface area (Å²) in [6, 6.07) is 12.8. The second-order valence-corrected chi connectivity index (χ2v) is 10.5. The molecular weight excluding hydrogens is 490 g/mol. The van der Waals surface area contributed by atoms with Crippen molar-refractivity contribution in [3.8, 4) is 11.4 Å². The lowest BCUT2D eigenvalue weighted by Crippen LogP contribution is -2.26. The zero-order valence-corrected chi connectivity index (χ0v) is 23.5. The zero-order chi connectivity index (χ0) is 27.5. The van der Waals surface area contributed by atoms with Gasteiger partial charge in [-0.05, 0) is 68.4 Å². The number of hydrogen-bond donors (Lipinski definition) is 3. The maximum absolute atomic E-state index is 11.6. The van der Waals surface area contributed by atoms with Crippen molar-refractivity contribution in [1.29, 1.82) is 0 Å². The van der Waals surface area contributed by atoms with Crippen molar-refractivity contribution >= 4 is 16.6 Å². The normalized spacial score (nSPS) is 16.3. The van der Waals surface area contributed by atoms with Gasteiger partial charge in [0, 0.05) is 62.5 Å². The minimum atomic E-state index is -0.945. The third kappa shape index (κ3) is 5.96. The van der Waals surface area contributed by atoms with Crippen LogP contribution in [0, 0.1) is 6.92 Å². The number of ether oxygens (including phenoxy) is 1. The van der Waals surface area contributed by atoms with Gasteiger partial charge in [-0.25, -0.2) is 15.0 Å². The number of anilines is 1. The van der Waals surface area contributed by atoms with Gasteiger partial charge in [-0.3, -0.25) is 4.90 Å². The Morgan fingerprint density at radius 1 is 1.23 bits per heavy atom. The molecule has 1 aliphatic rings. The standard InChI is InChI=1S/C30H39N7O2/c1-6-27-32-16-24(37(27)4)17-36(3)30(38)28-25-13-20(18-39-5)7-8-26(25)34-29(35-28)21-11-19(2)12-23(14-21)33-22-9-10-31-15-22/h7-8,11-14,16,22,30-31,33,38H,6,9-10,15,17-18H2,1-5H3. The molecule has 0 aliphatic carbocycles. The number of benzene rings is 2. The average Bonchev–Trinajstić information content (AvgIpc) is 3.56. The first-order valence-electron chi connectivity index (χ1n) is 13.6. The first kappa shape index (κ1) is 27.2. The van der Waals surface area contributed by atoms with Crippen LogP contribution in [0.4, 0.5) is 5.69 Å². The largest absolute Gasteiger partial charge is 0.381 e. The van der Waals surface area contributed by atoms with Gasteiger partial charge in [-0.15, -0.1) is 0 Å². The molecule has 2 aromatic carbocycles. The SMILES string of the molecule is CCc1ncc(CN(C)C(O)c2nc(-c3cc(C)cc(NC4CCNC4)c3)nc3ccc(COC)cc23)n1C. The van der Waals surface area contributed by atoms with Crippen molar-refractivity contribution in [2.45, 2.75) is 52.1 Å². The molecule has 206 valence electrons. The summed E-state index contributed by atoms with van der Waals surface area (Å²) in [5.74, 6) is 1.61. The molecule has 2 unspecified atom stereocenters. The van der Waals surface area contributed by atoms with Gasteiger partial charge in [0.2, 0.25) is 0 Å². The van der Waals surface area contributed by atoms with Crippen LogP contribution in [-0.4, -0.2) is 62.8 Å². The maximum atomic E-state index is 11.6. The Balaban J connectivity index is 1.54. The Bertz CT molecular complexity index is 1450. The highest BCUT2D eigenvalue weighted by molar-refractivity contribution is 5.84. The summed E-state index contributed by atoms with van der Waals surface area (Å²) >= 11 is 0. The molecule has 1 aliphatic heterocycles. The number of aliphatic hydroxyl groups is 1. The van der Waals surface area contributed by atoms with E-state index in [2.05, 4.69) is 52.2 Å². The number of hydrogen-bond acceptors (Lipinski definition) is 8. The molecule has 0 saturated carbocycles. The van der Waals surface area contributed by atoms with Crippen LogP contribution in [0.25, 0.3) is 22.3 Å². The lowest BCUT2D eigenvalue weighted by Gasteiger charge is -2.25. The third-order valence-corrected chi connectivity index (χ3v) is 7.44. The lowest BCUT2D eigenvalue weighted by atomic mass is 10.1. The van der Waals surface area contributed by atoms with E-state index in [0.717, 1.165) is 70.7 Å². The van der Waals surface area contributed by atoms with E-state index in [0.29, 0.717) is 30.7 Å². The molecule has 2 aromatic heterocycles. The van der Waals surface area contributed by atoms with Gasteiger partial charge < -0.3 is 25.0 Å². The van der Waals surface area contributed by atoms with E-state index in [1.54, 1.807) is 7.11 Å². The molecule has 3 N–H and O–H groups in total. The van der Waals surface area contributed by atoms with Gasteiger partial charge in [0.1, 0.15) is 5.82 Å². The van der Waals surface area contributed by atoms with Gasteiger partial charge in [0.15, 0.2) is 12.1 Å². The highest BCUT2D eigenvalue weighted by Crippen LogP contribution is 2.30. The Hall–Kier alpha value is -3.37. The molecule has 2 atom stereocenters. The average molecular weight is 530 g/mol. The molecule has 9 nitrogen and oxygen atoms in total. The fourth-order valence-corrected chi connectivity index (χ4v) is 5.30. The second-order valence-electron chi connectivity index (χ2n) is 10.5. The molecule has 1 saturated heterocycles. The molecule has 5 rings (SSSR count). The molecular formula is C30H39N7O2. The minimum absolute atomic E-state index is 0.405. The first-order chi connectivity index (χ1) is 18.9. The van der Waals surface area contributed by atoms with Gasteiger partial charge in [0.25, 0.3) is 0 Å². The first-order valence-corrected chi connectivity index (χ1v) is 13.6. The molecule has 1 fully saturated rings. The maximum Gasteiger partial charge on any atom is 0.160 e. The molecule has 39 heavy (non-hydrogen) atoms. The van der Waals surface area contributed by atoms with Crippen LogP contribution in [-0.2, 0) is 31.4 Å². The molecule has 0 bridgehead atoms. The van der Waals surface area contributed by atoms with E-state index >= 15 is 0 Å². The van der Waals surface area contributed by atoms with Gasteiger partial charge >= 0.3 is 0 Å². The molecule has 3 heterocycles. The van der Waals surface area contributed by atoms with Crippen LogP contribution >= 0.6 is 0 Å². The van der Waals surface area contributed by atoms with Crippen molar-refractivity contribution in [1.82, 2.24) is 29.7 Å². The van der Waals surface area contributed by atoms with E-state index in [4.69, 9.17) is 14.7 Å². The van der Waals surface area contributed by atoms with Crippen LogP contribution in [0.3, 0.4) is 0 Å². The Labute approximate surface area is 230 Å². The van der Waals surface area contributed by atoms with Crippen LogP contribution in [0.15, 0.2) is 42.6 Å². The second kappa shape index (κ2) is 11.8. The van der Waals surface area contributed by atoms with Crippen molar-refractivity contribution in [2.75, 3.05) is 32.6 Å². The predicted molar refractivity (Wildman–Crippen MR) is 154 cm³/mol. The summed E-state index contributed by atoms with van der Waals surface area (Å²) in [5.41, 5.74) is 6.49. The van der Waals surface area contributed by atoms with Crippen LogP contribution in [0.5, 0.6) is 0 Å². The van der Waals surface area contributed by atoms with E-state index in [1.807, 2.05) is 43.4 Å². The molecule has 0 radical (unpaired) electrons. The van der Waals surface area contributed by atoms with Gasteiger partial charge in [0.05, 0.1) is 23.5 Å². The fraction of sp³-hybridized carbons (Fsp3) is 0.433. The summed E-state index contributed by atoms with van der Waals surface area (Å²) in [4.78, 5) is 16.3. The van der Waals surface area contributed by atoms with Gasteiger partial charge in [-0.1, -0.05) is 13.0 Å². The number of aromatic nitrogens is 4. The minimum Gasteiger partial charge on any atom is -0.381 e. The number of aryl methyl sites for hydroxylation is 2. The molecule has 0 amide bonds. The summed E-state index contributed by atoms with van der Waals surface area (Å²) in [6.07, 6.45) is 2.89. The Morgan fingerprint density at radius 2 is 2.08 bits per heavy atom. The summed E-state index contributed by atoms with van der Waals surface area (Å²) in [5, 5.41) is 19.5. The smallest absolute Gasteiger partial charge is 0.160 e. The lowest BCUT2D eigenvalue weighted by molar-refractivity contribution is 0.0118. The number of nitrogens with zero attached hydrogens (tertiary/aromatic N) is 5. The molecule has 0 spiro atoms. The summed E-state index contributed by atoms with van der Waals surface area (Å²) < 4.78 is 7.46. The quantitative estimate of drug-likeness (QED) is 0.266. The zero-order valence-electron chi connectivity index (χ0n) is 23.5.